The lowest BCUT2D eigenvalue weighted by atomic mass is 10.1. The molecule has 3 heteroatoms. The molecule has 0 bridgehead atoms. The Morgan fingerprint density at radius 1 is 1.50 bits per heavy atom. The molecular formula is C11H16BrNS. The lowest BCUT2D eigenvalue weighted by molar-refractivity contribution is 0.641. The molecule has 0 fully saturated rings. The second-order valence-corrected chi connectivity index (χ2v) is 5.35. The molecule has 0 aliphatic carbocycles. The Hall–Kier alpha value is 0.01000. The predicted octanol–water partition coefficient (Wildman–Crippen LogP) is 3.84. The van der Waals surface area contributed by atoms with Gasteiger partial charge in [-0.3, -0.25) is 0 Å². The minimum Gasteiger partial charge on any atom is -0.313 e. The summed E-state index contributed by atoms with van der Waals surface area (Å²) < 4.78 is 1.15. The number of halogens is 1. The Morgan fingerprint density at radius 3 is 2.79 bits per heavy atom. The average molecular weight is 274 g/mol. The van der Waals surface area contributed by atoms with Crippen LogP contribution in [0, 0.1) is 0 Å². The van der Waals surface area contributed by atoms with E-state index in [1.165, 1.54) is 10.5 Å². The van der Waals surface area contributed by atoms with E-state index in [1.807, 2.05) is 18.8 Å². The highest BCUT2D eigenvalue weighted by molar-refractivity contribution is 9.10. The third-order valence-corrected chi connectivity index (χ3v) is 3.62. The smallest absolute Gasteiger partial charge is 0.0300 e. The van der Waals surface area contributed by atoms with E-state index in [2.05, 4.69) is 53.3 Å². The van der Waals surface area contributed by atoms with E-state index in [-0.39, 0.29) is 0 Å². The summed E-state index contributed by atoms with van der Waals surface area (Å²) in [5, 5.41) is 3.27. The van der Waals surface area contributed by atoms with Crippen LogP contribution in [0.5, 0.6) is 0 Å². The van der Waals surface area contributed by atoms with E-state index in [0.717, 1.165) is 10.2 Å². The highest BCUT2D eigenvalue weighted by Gasteiger charge is 2.08. The first kappa shape index (κ1) is 12.1. The number of hydrogen-bond donors (Lipinski definition) is 1. The van der Waals surface area contributed by atoms with Gasteiger partial charge < -0.3 is 5.32 Å². The van der Waals surface area contributed by atoms with E-state index >= 15 is 0 Å². The van der Waals surface area contributed by atoms with Crippen molar-refractivity contribution in [1.82, 2.24) is 5.32 Å². The molecule has 0 saturated carbocycles. The minimum absolute atomic E-state index is 0.414. The summed E-state index contributed by atoms with van der Waals surface area (Å²) in [6.07, 6.45) is 0. The van der Waals surface area contributed by atoms with Gasteiger partial charge in [0, 0.05) is 15.4 Å². The first-order valence-electron chi connectivity index (χ1n) is 4.78. The summed E-state index contributed by atoms with van der Waals surface area (Å²) in [6.45, 7) is 4.36. The van der Waals surface area contributed by atoms with Crippen molar-refractivity contribution in [1.29, 1.82) is 0 Å². The number of benzene rings is 1. The molecule has 0 heterocycles. The van der Waals surface area contributed by atoms with Crippen molar-refractivity contribution in [3.8, 4) is 0 Å². The zero-order valence-electron chi connectivity index (χ0n) is 8.80. The van der Waals surface area contributed by atoms with Crippen molar-refractivity contribution in [3.05, 3.63) is 28.2 Å². The molecule has 0 spiro atoms. The zero-order valence-corrected chi connectivity index (χ0v) is 11.2. The van der Waals surface area contributed by atoms with Crippen LogP contribution in [-0.4, -0.2) is 12.8 Å². The molecule has 1 aromatic rings. The van der Waals surface area contributed by atoms with Gasteiger partial charge in [0.15, 0.2) is 0 Å². The van der Waals surface area contributed by atoms with Gasteiger partial charge in [0.1, 0.15) is 0 Å². The van der Waals surface area contributed by atoms with Crippen LogP contribution in [0.15, 0.2) is 27.6 Å². The maximum Gasteiger partial charge on any atom is 0.0300 e. The fraction of sp³-hybridized carbons (Fsp3) is 0.455. The third-order valence-electron chi connectivity index (χ3n) is 2.17. The summed E-state index contributed by atoms with van der Waals surface area (Å²) in [5.41, 5.74) is 1.38. The Balaban J connectivity index is 3.01. The molecule has 0 aromatic heterocycles. The van der Waals surface area contributed by atoms with E-state index in [9.17, 15) is 0 Å². The second kappa shape index (κ2) is 5.79. The summed E-state index contributed by atoms with van der Waals surface area (Å²) >= 11 is 5.39. The van der Waals surface area contributed by atoms with Gasteiger partial charge in [0.05, 0.1) is 0 Å². The largest absolute Gasteiger partial charge is 0.313 e. The second-order valence-electron chi connectivity index (χ2n) is 3.13. The molecule has 0 aliphatic rings. The molecule has 0 aliphatic heterocycles. The van der Waals surface area contributed by atoms with Crippen molar-refractivity contribution >= 4 is 27.7 Å². The van der Waals surface area contributed by atoms with Crippen LogP contribution < -0.4 is 5.32 Å². The van der Waals surface area contributed by atoms with Gasteiger partial charge in [0.2, 0.25) is 0 Å². The maximum atomic E-state index is 3.50. The van der Waals surface area contributed by atoms with Crippen LogP contribution in [-0.2, 0) is 0 Å². The summed E-state index contributed by atoms with van der Waals surface area (Å²) in [5.74, 6) is 1.11. The molecule has 1 rings (SSSR count). The van der Waals surface area contributed by atoms with E-state index < -0.39 is 0 Å². The molecule has 0 saturated heterocycles. The van der Waals surface area contributed by atoms with E-state index in [4.69, 9.17) is 0 Å². The molecule has 0 radical (unpaired) electrons. The molecule has 1 nitrogen and oxygen atoms in total. The van der Waals surface area contributed by atoms with Gasteiger partial charge in [0.25, 0.3) is 0 Å². The normalized spacial score (nSPS) is 12.9. The van der Waals surface area contributed by atoms with Crippen LogP contribution in [0.3, 0.4) is 0 Å². The molecular weight excluding hydrogens is 258 g/mol. The standard InChI is InChI=1S/C11H16BrNS/c1-4-14-11-7-9(12)5-6-10(11)8(2)13-3/h5-8,13H,4H2,1-3H3. The number of nitrogens with one attached hydrogen (secondary N) is 1. The lowest BCUT2D eigenvalue weighted by Gasteiger charge is -2.15. The van der Waals surface area contributed by atoms with Crippen LogP contribution in [0.1, 0.15) is 25.5 Å². The topological polar surface area (TPSA) is 12.0 Å². The van der Waals surface area contributed by atoms with E-state index in [0.29, 0.717) is 6.04 Å². The Labute approximate surface area is 98.8 Å². The molecule has 1 unspecified atom stereocenters. The summed E-state index contributed by atoms with van der Waals surface area (Å²) in [6, 6.07) is 6.89. The molecule has 0 amide bonds. The maximum absolute atomic E-state index is 3.50. The quantitative estimate of drug-likeness (QED) is 0.837. The summed E-state index contributed by atoms with van der Waals surface area (Å²) in [7, 11) is 1.99. The van der Waals surface area contributed by atoms with Crippen molar-refractivity contribution in [3.63, 3.8) is 0 Å². The van der Waals surface area contributed by atoms with Gasteiger partial charge in [-0.15, -0.1) is 11.8 Å². The Kier molecular flexibility index (Phi) is 4.99. The van der Waals surface area contributed by atoms with Crippen LogP contribution in [0.2, 0.25) is 0 Å². The molecule has 14 heavy (non-hydrogen) atoms. The number of hydrogen-bond acceptors (Lipinski definition) is 2. The van der Waals surface area contributed by atoms with Gasteiger partial charge in [-0.2, -0.15) is 0 Å². The first-order chi connectivity index (χ1) is 6.69. The lowest BCUT2D eigenvalue weighted by Crippen LogP contribution is -2.13. The SMILES string of the molecule is CCSc1cc(Br)ccc1C(C)NC. The molecule has 1 atom stereocenters. The van der Waals surface area contributed by atoms with Crippen molar-refractivity contribution in [2.24, 2.45) is 0 Å². The highest BCUT2D eigenvalue weighted by Crippen LogP contribution is 2.30. The van der Waals surface area contributed by atoms with E-state index in [1.54, 1.807) is 0 Å². The minimum atomic E-state index is 0.414. The van der Waals surface area contributed by atoms with Crippen LogP contribution in [0.4, 0.5) is 0 Å². The molecule has 78 valence electrons. The van der Waals surface area contributed by atoms with Gasteiger partial charge >= 0.3 is 0 Å². The van der Waals surface area contributed by atoms with Gasteiger partial charge in [-0.1, -0.05) is 28.9 Å². The highest BCUT2D eigenvalue weighted by atomic mass is 79.9. The zero-order chi connectivity index (χ0) is 10.6. The third kappa shape index (κ3) is 3.01. The van der Waals surface area contributed by atoms with Crippen molar-refractivity contribution in [2.75, 3.05) is 12.8 Å². The van der Waals surface area contributed by atoms with Crippen molar-refractivity contribution < 1.29 is 0 Å². The Bertz CT molecular complexity index is 301. The first-order valence-corrected chi connectivity index (χ1v) is 6.56. The monoisotopic (exact) mass is 273 g/mol. The predicted molar refractivity (Wildman–Crippen MR) is 68.0 cm³/mol. The van der Waals surface area contributed by atoms with Crippen molar-refractivity contribution in [2.45, 2.75) is 24.8 Å². The fourth-order valence-electron chi connectivity index (χ4n) is 1.30. The summed E-state index contributed by atoms with van der Waals surface area (Å²) in [4.78, 5) is 1.36. The fourth-order valence-corrected chi connectivity index (χ4v) is 2.75. The van der Waals surface area contributed by atoms with Crippen LogP contribution in [0.25, 0.3) is 0 Å². The average Bonchev–Trinajstić information content (AvgIpc) is 2.17. The number of rotatable bonds is 4. The molecule has 1 aromatic carbocycles. The number of thioether (sulfide) groups is 1. The van der Waals surface area contributed by atoms with Gasteiger partial charge in [-0.05, 0) is 37.4 Å². The van der Waals surface area contributed by atoms with Gasteiger partial charge in [-0.25, -0.2) is 0 Å². The van der Waals surface area contributed by atoms with Crippen LogP contribution >= 0.6 is 27.7 Å². The Morgan fingerprint density at radius 2 is 2.21 bits per heavy atom. The molecule has 1 N–H and O–H groups in total.